The fraction of sp³-hybridized carbons (Fsp3) is 0.324. The van der Waals surface area contributed by atoms with Crippen molar-refractivity contribution in [3.8, 4) is 16.9 Å². The summed E-state index contributed by atoms with van der Waals surface area (Å²) in [5.74, 6) is -3.32. The van der Waals surface area contributed by atoms with E-state index in [2.05, 4.69) is 15.2 Å². The predicted octanol–water partition coefficient (Wildman–Crippen LogP) is 6.48. The molecule has 2 fully saturated rings. The van der Waals surface area contributed by atoms with Gasteiger partial charge in [-0.05, 0) is 49.2 Å². The number of hydrogen-bond donors (Lipinski definition) is 1. The number of likely N-dealkylation sites (tertiary alicyclic amines) is 1. The highest BCUT2D eigenvalue weighted by Gasteiger charge is 2.45. The Morgan fingerprint density at radius 1 is 1.10 bits per heavy atom. The Balaban J connectivity index is 1.10. The van der Waals surface area contributed by atoms with Gasteiger partial charge in [0.1, 0.15) is 28.7 Å². The molecule has 1 N–H and O–H groups in total. The van der Waals surface area contributed by atoms with Crippen LogP contribution in [0.5, 0.6) is 5.75 Å². The number of hydrogen-bond acceptors (Lipinski definition) is 6. The third-order valence-corrected chi connectivity index (χ3v) is 10.1. The fourth-order valence-corrected chi connectivity index (χ4v) is 7.59. The smallest absolute Gasteiger partial charge is 0.417 e. The van der Waals surface area contributed by atoms with Gasteiger partial charge in [-0.25, -0.2) is 13.8 Å². The van der Waals surface area contributed by atoms with E-state index in [0.29, 0.717) is 23.4 Å². The Hall–Kier alpha value is -5.08. The van der Waals surface area contributed by atoms with Crippen LogP contribution in [0.3, 0.4) is 0 Å². The van der Waals surface area contributed by atoms with Gasteiger partial charge in [-0.1, -0.05) is 12.1 Å². The summed E-state index contributed by atoms with van der Waals surface area (Å²) in [7, 11) is 1.63. The largest absolute Gasteiger partial charge is 0.490 e. The number of amides is 1. The molecule has 2 saturated heterocycles. The van der Waals surface area contributed by atoms with Gasteiger partial charge in [0.2, 0.25) is 11.7 Å². The van der Waals surface area contributed by atoms with Crippen molar-refractivity contribution in [3.05, 3.63) is 94.6 Å². The maximum absolute atomic E-state index is 15.3. The highest BCUT2D eigenvalue weighted by Crippen LogP contribution is 2.49. The Bertz CT molecular complexity index is 2270. The average Bonchev–Trinajstić information content (AvgIpc) is 3.77. The third kappa shape index (κ3) is 5.57. The lowest BCUT2D eigenvalue weighted by atomic mass is 9.79. The van der Waals surface area contributed by atoms with E-state index in [9.17, 15) is 22.8 Å². The first kappa shape index (κ1) is 33.1. The van der Waals surface area contributed by atoms with Crippen LogP contribution in [0.2, 0.25) is 0 Å². The van der Waals surface area contributed by atoms with Crippen molar-refractivity contribution in [3.63, 3.8) is 0 Å². The first-order chi connectivity index (χ1) is 24.3. The molecular formula is C37H32F5N5O4. The standard InChI is InChI=1S/C37H32F5N5O4/c1-20-43-32-27(45(20)2)16-24(37(40,41)42)30-23-5-3-10-47-28(15-21(33(23)47)7-11-51-35(30)32)34(49)22-13-25(38)31(26(39)14-22)44-29(48)6-4-9-46-17-36(18-46)8-12-50-19-36/h3-6,10,13-16H,7-9,11-12,17-19H2,1-2H3,(H,44,48)/b6-4+. The van der Waals surface area contributed by atoms with Gasteiger partial charge in [0.05, 0.1) is 35.5 Å². The minimum Gasteiger partial charge on any atom is -0.490 e. The zero-order valence-electron chi connectivity index (χ0n) is 27.7. The number of alkyl halides is 3. The summed E-state index contributed by atoms with van der Waals surface area (Å²) in [6, 6.07) is 7.23. The Morgan fingerprint density at radius 2 is 1.86 bits per heavy atom. The summed E-state index contributed by atoms with van der Waals surface area (Å²) in [4.78, 5) is 33.0. The molecule has 1 spiro atoms. The average molecular weight is 706 g/mol. The van der Waals surface area contributed by atoms with E-state index in [0.717, 1.165) is 50.9 Å². The third-order valence-electron chi connectivity index (χ3n) is 10.1. The quantitative estimate of drug-likeness (QED) is 0.124. The predicted molar refractivity (Wildman–Crippen MR) is 178 cm³/mol. The number of carbonyl (C=O) groups excluding carboxylic acids is 2. The molecule has 14 heteroatoms. The topological polar surface area (TPSA) is 90.1 Å². The van der Waals surface area contributed by atoms with E-state index >= 15 is 8.78 Å². The van der Waals surface area contributed by atoms with E-state index in [1.807, 2.05) is 0 Å². The second kappa shape index (κ2) is 12.0. The minimum absolute atomic E-state index is 0.0101. The first-order valence-corrected chi connectivity index (χ1v) is 16.5. The Labute approximate surface area is 288 Å². The summed E-state index contributed by atoms with van der Waals surface area (Å²) < 4.78 is 89.1. The van der Waals surface area contributed by atoms with Crippen LogP contribution in [0.25, 0.3) is 27.7 Å². The van der Waals surface area contributed by atoms with E-state index in [1.165, 1.54) is 34.9 Å². The molecule has 0 aliphatic carbocycles. The molecule has 2 aromatic carbocycles. The fourth-order valence-electron chi connectivity index (χ4n) is 7.59. The van der Waals surface area contributed by atoms with Crippen molar-refractivity contribution in [2.45, 2.75) is 25.9 Å². The lowest BCUT2D eigenvalue weighted by Crippen LogP contribution is -2.56. The molecule has 0 unspecified atom stereocenters. The number of anilines is 1. The lowest BCUT2D eigenvalue weighted by Gasteiger charge is -2.46. The van der Waals surface area contributed by atoms with Gasteiger partial charge in [-0.3, -0.25) is 14.5 Å². The van der Waals surface area contributed by atoms with Crippen LogP contribution in [-0.4, -0.2) is 70.0 Å². The number of imidazole rings is 1. The molecule has 0 atom stereocenters. The number of fused-ring (bicyclic) bond motifs is 4. The highest BCUT2D eigenvalue weighted by atomic mass is 19.4. The number of ketones is 1. The molecule has 3 aliphatic heterocycles. The number of pyridine rings is 1. The molecule has 8 rings (SSSR count). The summed E-state index contributed by atoms with van der Waals surface area (Å²) in [6.45, 7) is 5.39. The van der Waals surface area contributed by atoms with Gasteiger partial charge >= 0.3 is 6.18 Å². The molecular weight excluding hydrogens is 673 g/mol. The van der Waals surface area contributed by atoms with Crippen LogP contribution in [-0.2, 0) is 29.2 Å². The SMILES string of the molecule is Cc1nc2c3c(c(C(F)(F)F)cc2n1C)-c1cccn2c(C(=O)c4cc(F)c(NC(=O)/C=C/CN5CC6(CCOC6)C5)c(F)c4)cc(c12)CCO3. The minimum atomic E-state index is -4.76. The van der Waals surface area contributed by atoms with E-state index < -0.39 is 40.8 Å². The Kier molecular flexibility index (Phi) is 7.79. The number of aromatic nitrogens is 3. The van der Waals surface area contributed by atoms with Gasteiger partial charge in [0.15, 0.2) is 5.75 Å². The summed E-state index contributed by atoms with van der Waals surface area (Å²) >= 11 is 0. The molecule has 3 aliphatic rings. The normalized spacial score (nSPS) is 17.1. The van der Waals surface area contributed by atoms with Crippen molar-refractivity contribution >= 4 is 33.9 Å². The van der Waals surface area contributed by atoms with Gasteiger partial charge in [0.25, 0.3) is 0 Å². The van der Waals surface area contributed by atoms with Crippen LogP contribution in [0.1, 0.15) is 39.4 Å². The first-order valence-electron chi connectivity index (χ1n) is 16.5. The van der Waals surface area contributed by atoms with E-state index in [1.54, 1.807) is 24.6 Å². The van der Waals surface area contributed by atoms with Gasteiger partial charge in [-0.15, -0.1) is 0 Å². The number of aryl methyl sites for hydroxylation is 2. The van der Waals surface area contributed by atoms with Crippen molar-refractivity contribution in [1.82, 2.24) is 18.9 Å². The number of carbonyl (C=O) groups is 2. The van der Waals surface area contributed by atoms with Crippen LogP contribution < -0.4 is 10.1 Å². The molecule has 264 valence electrons. The summed E-state index contributed by atoms with van der Waals surface area (Å²) in [5.41, 5.74) is -0.426. The second-order valence-electron chi connectivity index (χ2n) is 13.5. The van der Waals surface area contributed by atoms with Gasteiger partial charge in [-0.2, -0.15) is 13.2 Å². The number of halogens is 5. The number of rotatable bonds is 6. The van der Waals surface area contributed by atoms with E-state index in [-0.39, 0.29) is 57.6 Å². The van der Waals surface area contributed by atoms with Gasteiger partial charge in [0, 0.05) is 74.1 Å². The van der Waals surface area contributed by atoms with Crippen LogP contribution >= 0.6 is 0 Å². The van der Waals surface area contributed by atoms with Crippen molar-refractivity contribution in [2.75, 3.05) is 44.8 Å². The maximum atomic E-state index is 15.3. The van der Waals surface area contributed by atoms with Crippen LogP contribution in [0.15, 0.2) is 54.7 Å². The maximum Gasteiger partial charge on any atom is 0.417 e. The zero-order chi connectivity index (χ0) is 35.8. The second-order valence-corrected chi connectivity index (χ2v) is 13.5. The summed E-state index contributed by atoms with van der Waals surface area (Å²) in [6.07, 6.45) is 0.818. The molecule has 3 aromatic heterocycles. The van der Waals surface area contributed by atoms with Crippen molar-refractivity contribution < 1.29 is 41.0 Å². The van der Waals surface area contributed by atoms with Gasteiger partial charge < -0.3 is 23.8 Å². The monoisotopic (exact) mass is 705 g/mol. The van der Waals surface area contributed by atoms with Crippen LogP contribution in [0, 0.1) is 24.0 Å². The van der Waals surface area contributed by atoms with Crippen LogP contribution in [0.4, 0.5) is 27.6 Å². The number of nitrogens with zero attached hydrogens (tertiary/aromatic N) is 4. The number of ether oxygens (including phenoxy) is 2. The number of nitrogens with one attached hydrogen (secondary N) is 1. The molecule has 51 heavy (non-hydrogen) atoms. The molecule has 1 amide bonds. The lowest BCUT2D eigenvalue weighted by molar-refractivity contribution is -0.137. The highest BCUT2D eigenvalue weighted by molar-refractivity contribution is 6.10. The summed E-state index contributed by atoms with van der Waals surface area (Å²) in [5, 5.41) is 2.22. The van der Waals surface area contributed by atoms with Crippen molar-refractivity contribution in [1.29, 1.82) is 0 Å². The zero-order valence-corrected chi connectivity index (χ0v) is 27.7. The van der Waals surface area contributed by atoms with E-state index in [4.69, 9.17) is 9.47 Å². The molecule has 5 aromatic rings. The number of benzene rings is 2. The molecule has 6 heterocycles. The Morgan fingerprint density at radius 3 is 2.57 bits per heavy atom. The molecule has 9 nitrogen and oxygen atoms in total. The van der Waals surface area contributed by atoms with Crippen molar-refractivity contribution in [2.24, 2.45) is 12.5 Å². The molecule has 0 radical (unpaired) electrons. The molecule has 0 saturated carbocycles. The molecule has 0 bridgehead atoms.